The molecule has 1 rings (SSSR count). The largest absolute Gasteiger partial charge is 0.465 e. The molecular formula is C9H9NO3. The summed E-state index contributed by atoms with van der Waals surface area (Å²) in [6, 6.07) is 3.00. The molecule has 4 nitrogen and oxygen atoms in total. The van der Waals surface area contributed by atoms with E-state index >= 15 is 0 Å². The molecule has 0 saturated heterocycles. The van der Waals surface area contributed by atoms with Gasteiger partial charge in [0.2, 0.25) is 0 Å². The van der Waals surface area contributed by atoms with E-state index in [4.69, 9.17) is 0 Å². The van der Waals surface area contributed by atoms with Crippen molar-refractivity contribution in [3.05, 3.63) is 29.6 Å². The van der Waals surface area contributed by atoms with E-state index in [2.05, 4.69) is 9.72 Å². The summed E-state index contributed by atoms with van der Waals surface area (Å²) in [4.78, 5) is 25.6. The summed E-state index contributed by atoms with van der Waals surface area (Å²) in [5, 5.41) is 0. The Balaban J connectivity index is 2.93. The zero-order chi connectivity index (χ0) is 9.84. The van der Waals surface area contributed by atoms with Gasteiger partial charge < -0.3 is 4.74 Å². The van der Waals surface area contributed by atoms with Gasteiger partial charge in [-0.2, -0.15) is 0 Å². The molecule has 0 fully saturated rings. The van der Waals surface area contributed by atoms with Crippen LogP contribution in [-0.2, 0) is 4.74 Å². The molecule has 1 heterocycles. The molecule has 0 aliphatic carbocycles. The number of esters is 1. The van der Waals surface area contributed by atoms with Crippen LogP contribution in [0.25, 0.3) is 0 Å². The molecule has 0 atom stereocenters. The van der Waals surface area contributed by atoms with Gasteiger partial charge in [0, 0.05) is 13.1 Å². The molecule has 0 aliphatic rings. The quantitative estimate of drug-likeness (QED) is 0.503. The Hall–Kier alpha value is -1.71. The van der Waals surface area contributed by atoms with Gasteiger partial charge in [0.1, 0.15) is 5.69 Å². The molecule has 0 bridgehead atoms. The van der Waals surface area contributed by atoms with Crippen LogP contribution in [0.2, 0.25) is 0 Å². The second-order valence-electron chi connectivity index (χ2n) is 2.48. The highest BCUT2D eigenvalue weighted by Crippen LogP contribution is 2.02. The average molecular weight is 179 g/mol. The number of ether oxygens (including phenoxy) is 1. The fourth-order valence-corrected chi connectivity index (χ4v) is 0.841. The summed E-state index contributed by atoms with van der Waals surface area (Å²) in [7, 11) is 1.29. The van der Waals surface area contributed by atoms with Gasteiger partial charge in [-0.05, 0) is 12.1 Å². The summed E-state index contributed by atoms with van der Waals surface area (Å²) in [5.41, 5.74) is 0.681. The molecule has 0 aromatic carbocycles. The van der Waals surface area contributed by atoms with Crippen molar-refractivity contribution in [1.82, 2.24) is 4.98 Å². The number of rotatable bonds is 2. The molecule has 68 valence electrons. The minimum absolute atomic E-state index is 0.128. The Bertz CT molecular complexity index is 329. The van der Waals surface area contributed by atoms with E-state index in [0.29, 0.717) is 11.3 Å². The fourth-order valence-electron chi connectivity index (χ4n) is 0.841. The zero-order valence-corrected chi connectivity index (χ0v) is 7.40. The standard InChI is InChI=1S/C9H9NO3/c1-6(11)8-4-3-7(5-10-8)9(12)13-2/h3-5H,1-2H3. The maximum atomic E-state index is 10.9. The molecule has 13 heavy (non-hydrogen) atoms. The van der Waals surface area contributed by atoms with Crippen LogP contribution in [0.3, 0.4) is 0 Å². The van der Waals surface area contributed by atoms with E-state index in [1.165, 1.54) is 32.4 Å². The third kappa shape index (κ3) is 2.11. The normalized spacial score (nSPS) is 9.38. The van der Waals surface area contributed by atoms with Gasteiger partial charge in [0.15, 0.2) is 5.78 Å². The highest BCUT2D eigenvalue weighted by atomic mass is 16.5. The number of pyridine rings is 1. The van der Waals surface area contributed by atoms with Crippen molar-refractivity contribution in [3.8, 4) is 0 Å². The summed E-state index contributed by atoms with van der Waals surface area (Å²) in [6.45, 7) is 1.42. The third-order valence-corrected chi connectivity index (χ3v) is 1.55. The lowest BCUT2D eigenvalue weighted by molar-refractivity contribution is 0.0600. The average Bonchev–Trinajstić information content (AvgIpc) is 2.17. The lowest BCUT2D eigenvalue weighted by Gasteiger charge is -1.98. The number of ketones is 1. The van der Waals surface area contributed by atoms with Gasteiger partial charge in [0.25, 0.3) is 0 Å². The third-order valence-electron chi connectivity index (χ3n) is 1.55. The lowest BCUT2D eigenvalue weighted by Crippen LogP contribution is -2.03. The summed E-state index contributed by atoms with van der Waals surface area (Å²) >= 11 is 0. The first-order valence-corrected chi connectivity index (χ1v) is 3.70. The van der Waals surface area contributed by atoms with Gasteiger partial charge in [0.05, 0.1) is 12.7 Å². The van der Waals surface area contributed by atoms with Crippen molar-refractivity contribution < 1.29 is 14.3 Å². The van der Waals surface area contributed by atoms with Crippen molar-refractivity contribution >= 4 is 11.8 Å². The number of carbonyl (C=O) groups excluding carboxylic acids is 2. The SMILES string of the molecule is COC(=O)c1ccc(C(C)=O)nc1. The van der Waals surface area contributed by atoms with Crippen molar-refractivity contribution in [2.24, 2.45) is 0 Å². The van der Waals surface area contributed by atoms with E-state index in [1.54, 1.807) is 0 Å². The summed E-state index contributed by atoms with van der Waals surface area (Å²) in [5.74, 6) is -0.584. The predicted molar refractivity (Wildman–Crippen MR) is 45.6 cm³/mol. The van der Waals surface area contributed by atoms with E-state index in [0.717, 1.165) is 0 Å². The molecule has 1 aromatic rings. The van der Waals surface area contributed by atoms with Crippen molar-refractivity contribution in [2.75, 3.05) is 7.11 Å². The van der Waals surface area contributed by atoms with Crippen LogP contribution in [0.4, 0.5) is 0 Å². The molecule has 0 radical (unpaired) electrons. The second kappa shape index (κ2) is 3.80. The van der Waals surface area contributed by atoms with Gasteiger partial charge in [-0.3, -0.25) is 9.78 Å². The predicted octanol–water partition coefficient (Wildman–Crippen LogP) is 1.07. The molecule has 0 N–H and O–H groups in total. The van der Waals surface area contributed by atoms with Crippen LogP contribution < -0.4 is 0 Å². The Labute approximate surface area is 75.5 Å². The minimum atomic E-state index is -0.456. The molecular weight excluding hydrogens is 170 g/mol. The lowest BCUT2D eigenvalue weighted by atomic mass is 10.2. The van der Waals surface area contributed by atoms with Crippen molar-refractivity contribution in [2.45, 2.75) is 6.92 Å². The molecule has 1 aromatic heterocycles. The number of carbonyl (C=O) groups is 2. The van der Waals surface area contributed by atoms with E-state index in [-0.39, 0.29) is 5.78 Å². The highest BCUT2D eigenvalue weighted by molar-refractivity contribution is 5.93. The molecule has 4 heteroatoms. The zero-order valence-electron chi connectivity index (χ0n) is 7.40. The summed E-state index contributed by atoms with van der Waals surface area (Å²) in [6.07, 6.45) is 1.32. The minimum Gasteiger partial charge on any atom is -0.465 e. The number of aromatic nitrogens is 1. The maximum absolute atomic E-state index is 10.9. The maximum Gasteiger partial charge on any atom is 0.339 e. The van der Waals surface area contributed by atoms with E-state index in [9.17, 15) is 9.59 Å². The summed E-state index contributed by atoms with van der Waals surface area (Å²) < 4.78 is 4.47. The Morgan fingerprint density at radius 1 is 1.38 bits per heavy atom. The van der Waals surface area contributed by atoms with Crippen LogP contribution in [0.15, 0.2) is 18.3 Å². The van der Waals surface area contributed by atoms with Gasteiger partial charge in [-0.15, -0.1) is 0 Å². The van der Waals surface area contributed by atoms with E-state index in [1.807, 2.05) is 0 Å². The number of nitrogens with zero attached hydrogens (tertiary/aromatic N) is 1. The first-order chi connectivity index (χ1) is 6.15. The van der Waals surface area contributed by atoms with Crippen LogP contribution in [0.5, 0.6) is 0 Å². The first kappa shape index (κ1) is 9.38. The molecule has 0 amide bonds. The van der Waals surface area contributed by atoms with Crippen LogP contribution in [-0.4, -0.2) is 23.8 Å². The van der Waals surface area contributed by atoms with Crippen LogP contribution >= 0.6 is 0 Å². The fraction of sp³-hybridized carbons (Fsp3) is 0.222. The Kier molecular flexibility index (Phi) is 2.74. The van der Waals surface area contributed by atoms with Crippen LogP contribution in [0.1, 0.15) is 27.8 Å². The monoisotopic (exact) mass is 179 g/mol. The number of hydrogen-bond acceptors (Lipinski definition) is 4. The first-order valence-electron chi connectivity index (χ1n) is 3.70. The number of methoxy groups -OCH3 is 1. The van der Waals surface area contributed by atoms with Gasteiger partial charge in [-0.1, -0.05) is 0 Å². The molecule has 0 saturated carbocycles. The van der Waals surface area contributed by atoms with Gasteiger partial charge in [-0.25, -0.2) is 4.79 Å². The Morgan fingerprint density at radius 3 is 2.46 bits per heavy atom. The number of Topliss-reactive ketones (excluding diaryl/α,β-unsaturated/α-hetero) is 1. The Morgan fingerprint density at radius 2 is 2.08 bits per heavy atom. The van der Waals surface area contributed by atoms with Gasteiger partial charge >= 0.3 is 5.97 Å². The topological polar surface area (TPSA) is 56.3 Å². The number of hydrogen-bond donors (Lipinski definition) is 0. The molecule has 0 spiro atoms. The molecule has 0 unspecified atom stereocenters. The highest BCUT2D eigenvalue weighted by Gasteiger charge is 2.06. The second-order valence-corrected chi connectivity index (χ2v) is 2.48. The van der Waals surface area contributed by atoms with Crippen molar-refractivity contribution in [1.29, 1.82) is 0 Å². The molecule has 0 aliphatic heterocycles. The smallest absolute Gasteiger partial charge is 0.339 e. The van der Waals surface area contributed by atoms with Crippen LogP contribution in [0, 0.1) is 0 Å². The van der Waals surface area contributed by atoms with E-state index < -0.39 is 5.97 Å². The van der Waals surface area contributed by atoms with Crippen molar-refractivity contribution in [3.63, 3.8) is 0 Å².